The van der Waals surface area contributed by atoms with Gasteiger partial charge in [0.2, 0.25) is 0 Å². The van der Waals surface area contributed by atoms with Gasteiger partial charge in [-0.2, -0.15) is 0 Å². The van der Waals surface area contributed by atoms with Crippen molar-refractivity contribution in [3.05, 3.63) is 30.1 Å². The first-order valence-electron chi connectivity index (χ1n) is 5.28. The number of hydrogen-bond donors (Lipinski definition) is 1. The number of amides is 1. The van der Waals surface area contributed by atoms with Crippen molar-refractivity contribution in [1.82, 2.24) is 5.32 Å². The Bertz CT molecular complexity index is 436. The molecule has 98 valence electrons. The Morgan fingerprint density at radius 2 is 2.17 bits per heavy atom. The van der Waals surface area contributed by atoms with E-state index < -0.39 is 23.7 Å². The summed E-state index contributed by atoms with van der Waals surface area (Å²) in [6.45, 7) is 1.19. The molecule has 0 spiro atoms. The van der Waals surface area contributed by atoms with Crippen LogP contribution in [0.5, 0.6) is 5.75 Å². The number of nitrogens with one attached hydrogen (secondary N) is 1. The maximum absolute atomic E-state index is 12.8. The maximum atomic E-state index is 12.8. The van der Waals surface area contributed by atoms with Crippen molar-refractivity contribution in [3.8, 4) is 5.75 Å². The van der Waals surface area contributed by atoms with Gasteiger partial charge in [0.05, 0.1) is 7.11 Å². The van der Waals surface area contributed by atoms with Gasteiger partial charge >= 0.3 is 5.97 Å². The molecule has 1 N–H and O–H groups in total. The molecule has 18 heavy (non-hydrogen) atoms. The van der Waals surface area contributed by atoms with Crippen LogP contribution in [0.3, 0.4) is 0 Å². The Morgan fingerprint density at radius 3 is 2.78 bits per heavy atom. The van der Waals surface area contributed by atoms with Crippen LogP contribution < -0.4 is 10.1 Å². The summed E-state index contributed by atoms with van der Waals surface area (Å²) < 4.78 is 22.3. The highest BCUT2D eigenvalue weighted by atomic mass is 19.1. The molecular formula is C12H14FNO4. The van der Waals surface area contributed by atoms with Gasteiger partial charge in [-0.05, 0) is 19.1 Å². The van der Waals surface area contributed by atoms with Gasteiger partial charge in [0, 0.05) is 6.07 Å². The summed E-state index contributed by atoms with van der Waals surface area (Å²) in [6.07, 6.45) is 0. The third-order valence-electron chi connectivity index (χ3n) is 2.10. The summed E-state index contributed by atoms with van der Waals surface area (Å²) in [6, 6.07) is 4.68. The van der Waals surface area contributed by atoms with Crippen LogP contribution in [-0.2, 0) is 14.3 Å². The molecule has 5 nitrogen and oxygen atoms in total. The Labute approximate surface area is 104 Å². The second-order valence-electron chi connectivity index (χ2n) is 3.56. The lowest BCUT2D eigenvalue weighted by Crippen LogP contribution is -2.41. The molecule has 0 aliphatic rings. The topological polar surface area (TPSA) is 64.6 Å². The van der Waals surface area contributed by atoms with Crippen LogP contribution in [0.15, 0.2) is 24.3 Å². The number of rotatable bonds is 5. The molecule has 0 fully saturated rings. The van der Waals surface area contributed by atoms with Crippen molar-refractivity contribution in [2.75, 3.05) is 13.7 Å². The fraction of sp³-hybridized carbons (Fsp3) is 0.333. The minimum Gasteiger partial charge on any atom is -0.484 e. The van der Waals surface area contributed by atoms with Crippen molar-refractivity contribution in [1.29, 1.82) is 0 Å². The number of esters is 1. The first-order chi connectivity index (χ1) is 8.52. The van der Waals surface area contributed by atoms with E-state index in [0.29, 0.717) is 0 Å². The average molecular weight is 255 g/mol. The summed E-state index contributed by atoms with van der Waals surface area (Å²) in [5.41, 5.74) is 0. The third kappa shape index (κ3) is 4.40. The van der Waals surface area contributed by atoms with E-state index in [4.69, 9.17) is 4.74 Å². The zero-order valence-electron chi connectivity index (χ0n) is 10.1. The highest BCUT2D eigenvalue weighted by molar-refractivity contribution is 5.84. The standard InChI is InChI=1S/C12H14FNO4/c1-8(12(16)17-2)14-11(15)7-18-10-5-3-4-9(13)6-10/h3-6,8H,7H2,1-2H3,(H,14,15). The second-order valence-corrected chi connectivity index (χ2v) is 3.56. The molecule has 1 atom stereocenters. The molecule has 1 aromatic rings. The molecule has 1 unspecified atom stereocenters. The zero-order chi connectivity index (χ0) is 13.5. The molecular weight excluding hydrogens is 241 g/mol. The van der Waals surface area contributed by atoms with E-state index in [1.54, 1.807) is 0 Å². The normalized spacial score (nSPS) is 11.5. The molecule has 0 heterocycles. The lowest BCUT2D eigenvalue weighted by atomic mass is 10.3. The van der Waals surface area contributed by atoms with E-state index in [1.165, 1.54) is 32.2 Å². The van der Waals surface area contributed by atoms with E-state index in [2.05, 4.69) is 10.1 Å². The predicted octanol–water partition coefficient (Wildman–Crippen LogP) is 0.882. The predicted molar refractivity (Wildman–Crippen MR) is 61.5 cm³/mol. The van der Waals surface area contributed by atoms with Crippen molar-refractivity contribution in [2.24, 2.45) is 0 Å². The summed E-state index contributed by atoms with van der Waals surface area (Å²) in [7, 11) is 1.23. The molecule has 1 aromatic carbocycles. The Balaban J connectivity index is 2.40. The lowest BCUT2D eigenvalue weighted by Gasteiger charge is -2.12. The van der Waals surface area contributed by atoms with E-state index in [9.17, 15) is 14.0 Å². The van der Waals surface area contributed by atoms with Gasteiger partial charge in [0.25, 0.3) is 5.91 Å². The number of carbonyl (C=O) groups excluding carboxylic acids is 2. The minimum absolute atomic E-state index is 0.246. The number of ether oxygens (including phenoxy) is 2. The Hall–Kier alpha value is -2.11. The number of halogens is 1. The molecule has 0 saturated carbocycles. The smallest absolute Gasteiger partial charge is 0.328 e. The fourth-order valence-electron chi connectivity index (χ4n) is 1.22. The number of carbonyl (C=O) groups is 2. The Kier molecular flexibility index (Phi) is 5.10. The second kappa shape index (κ2) is 6.58. The van der Waals surface area contributed by atoms with E-state index in [-0.39, 0.29) is 12.4 Å². The van der Waals surface area contributed by atoms with Crippen molar-refractivity contribution in [2.45, 2.75) is 13.0 Å². The van der Waals surface area contributed by atoms with E-state index in [1.807, 2.05) is 0 Å². The molecule has 0 aliphatic carbocycles. The lowest BCUT2D eigenvalue weighted by molar-refractivity contribution is -0.144. The number of benzene rings is 1. The van der Waals surface area contributed by atoms with Gasteiger partial charge in [-0.15, -0.1) is 0 Å². The molecule has 6 heteroatoms. The molecule has 0 aliphatic heterocycles. The van der Waals surface area contributed by atoms with Crippen molar-refractivity contribution >= 4 is 11.9 Å². The van der Waals surface area contributed by atoms with Crippen LogP contribution in [0.1, 0.15) is 6.92 Å². The fourth-order valence-corrected chi connectivity index (χ4v) is 1.22. The quantitative estimate of drug-likeness (QED) is 0.793. The molecule has 0 saturated heterocycles. The summed E-state index contributed by atoms with van der Waals surface area (Å²) >= 11 is 0. The van der Waals surface area contributed by atoms with Crippen LogP contribution in [0.25, 0.3) is 0 Å². The maximum Gasteiger partial charge on any atom is 0.328 e. The van der Waals surface area contributed by atoms with E-state index in [0.717, 1.165) is 6.07 Å². The first kappa shape index (κ1) is 14.0. The summed E-state index contributed by atoms with van der Waals surface area (Å²) in [5, 5.41) is 2.38. The number of methoxy groups -OCH3 is 1. The summed E-state index contributed by atoms with van der Waals surface area (Å²) in [5.74, 6) is -1.24. The minimum atomic E-state index is -0.751. The number of hydrogen-bond acceptors (Lipinski definition) is 4. The van der Waals surface area contributed by atoms with Gasteiger partial charge in [0.1, 0.15) is 17.6 Å². The molecule has 1 rings (SSSR count). The van der Waals surface area contributed by atoms with Crippen LogP contribution in [0.4, 0.5) is 4.39 Å². The summed E-state index contributed by atoms with van der Waals surface area (Å²) in [4.78, 5) is 22.4. The van der Waals surface area contributed by atoms with Crippen LogP contribution >= 0.6 is 0 Å². The monoisotopic (exact) mass is 255 g/mol. The molecule has 0 bridgehead atoms. The van der Waals surface area contributed by atoms with Crippen LogP contribution in [0.2, 0.25) is 0 Å². The highest BCUT2D eigenvalue weighted by Gasteiger charge is 2.15. The van der Waals surface area contributed by atoms with Crippen LogP contribution in [-0.4, -0.2) is 31.6 Å². The van der Waals surface area contributed by atoms with Crippen LogP contribution in [0, 0.1) is 5.82 Å². The first-order valence-corrected chi connectivity index (χ1v) is 5.28. The average Bonchev–Trinajstić information content (AvgIpc) is 2.35. The molecule has 1 amide bonds. The van der Waals surface area contributed by atoms with Crippen molar-refractivity contribution in [3.63, 3.8) is 0 Å². The van der Waals surface area contributed by atoms with Gasteiger partial charge in [-0.3, -0.25) is 4.79 Å². The third-order valence-corrected chi connectivity index (χ3v) is 2.10. The SMILES string of the molecule is COC(=O)C(C)NC(=O)COc1cccc(F)c1. The van der Waals surface area contributed by atoms with Gasteiger partial charge < -0.3 is 14.8 Å². The van der Waals surface area contributed by atoms with Crippen molar-refractivity contribution < 1.29 is 23.5 Å². The van der Waals surface area contributed by atoms with Gasteiger partial charge in [-0.1, -0.05) is 6.07 Å². The Morgan fingerprint density at radius 1 is 1.44 bits per heavy atom. The zero-order valence-corrected chi connectivity index (χ0v) is 10.1. The van der Waals surface area contributed by atoms with Gasteiger partial charge in [-0.25, -0.2) is 9.18 Å². The largest absolute Gasteiger partial charge is 0.484 e. The highest BCUT2D eigenvalue weighted by Crippen LogP contribution is 2.11. The molecule has 0 radical (unpaired) electrons. The van der Waals surface area contributed by atoms with Gasteiger partial charge in [0.15, 0.2) is 6.61 Å². The van der Waals surface area contributed by atoms with E-state index >= 15 is 0 Å². The molecule has 0 aromatic heterocycles.